The first kappa shape index (κ1) is 15.1. The van der Waals surface area contributed by atoms with Crippen LogP contribution in [0.3, 0.4) is 0 Å². The Bertz CT molecular complexity index is 211. The predicted molar refractivity (Wildman–Crippen MR) is 61.4 cm³/mol. The van der Waals surface area contributed by atoms with E-state index in [1.54, 1.807) is 0 Å². The maximum Gasteiger partial charge on any atom is 0.411 e. The summed E-state index contributed by atoms with van der Waals surface area (Å²) in [7, 11) is 0. The normalized spacial score (nSPS) is 22.9. The average Bonchev–Trinajstić information content (AvgIpc) is 2.24. The van der Waals surface area contributed by atoms with Gasteiger partial charge in [0, 0.05) is 19.0 Å². The summed E-state index contributed by atoms with van der Waals surface area (Å²) >= 11 is 5.69. The molecule has 0 N–H and O–H groups in total. The Hall–Kier alpha value is 0. The van der Waals surface area contributed by atoms with Gasteiger partial charge in [-0.2, -0.15) is 13.2 Å². The van der Waals surface area contributed by atoms with Gasteiger partial charge >= 0.3 is 6.18 Å². The number of likely N-dealkylation sites (tertiary alicyclic amines) is 1. The molecule has 17 heavy (non-hydrogen) atoms. The first-order valence-electron chi connectivity index (χ1n) is 5.94. The summed E-state index contributed by atoms with van der Waals surface area (Å²) in [6.07, 6.45) is -0.960. The van der Waals surface area contributed by atoms with Gasteiger partial charge in [-0.3, -0.25) is 0 Å². The fraction of sp³-hybridized carbons (Fsp3) is 1.00. The molecule has 1 fully saturated rings. The van der Waals surface area contributed by atoms with Crippen LogP contribution < -0.4 is 0 Å². The maximum atomic E-state index is 11.8. The molecule has 1 aliphatic rings. The Morgan fingerprint density at radius 1 is 1.35 bits per heavy atom. The van der Waals surface area contributed by atoms with Gasteiger partial charge in [-0.1, -0.05) is 0 Å². The number of hydrogen-bond acceptors (Lipinski definition) is 2. The van der Waals surface area contributed by atoms with E-state index < -0.39 is 12.8 Å². The minimum atomic E-state index is -4.22. The molecule has 102 valence electrons. The summed E-state index contributed by atoms with van der Waals surface area (Å²) in [5, 5.41) is 0. The lowest BCUT2D eigenvalue weighted by Crippen LogP contribution is -2.38. The topological polar surface area (TPSA) is 12.5 Å². The Kier molecular flexibility index (Phi) is 6.59. The van der Waals surface area contributed by atoms with Crippen LogP contribution in [0.1, 0.15) is 19.3 Å². The van der Waals surface area contributed by atoms with Crippen LogP contribution in [0.5, 0.6) is 0 Å². The fourth-order valence-corrected chi connectivity index (χ4v) is 2.43. The molecule has 0 spiro atoms. The number of alkyl halides is 4. The highest BCUT2D eigenvalue weighted by Gasteiger charge is 2.27. The van der Waals surface area contributed by atoms with E-state index in [-0.39, 0.29) is 6.61 Å². The number of nitrogens with zero attached hydrogens (tertiary/aromatic N) is 1. The summed E-state index contributed by atoms with van der Waals surface area (Å²) in [5.74, 6) is 1.24. The fourth-order valence-electron chi connectivity index (χ4n) is 2.13. The molecule has 1 unspecified atom stereocenters. The molecule has 0 aliphatic carbocycles. The van der Waals surface area contributed by atoms with Gasteiger partial charge in [0.05, 0.1) is 6.61 Å². The van der Waals surface area contributed by atoms with Gasteiger partial charge in [0.25, 0.3) is 0 Å². The van der Waals surface area contributed by atoms with Crippen LogP contribution >= 0.6 is 11.6 Å². The van der Waals surface area contributed by atoms with E-state index >= 15 is 0 Å². The smallest absolute Gasteiger partial charge is 0.371 e. The van der Waals surface area contributed by atoms with Crippen LogP contribution in [0.4, 0.5) is 13.2 Å². The molecule has 0 amide bonds. The zero-order chi connectivity index (χ0) is 12.7. The van der Waals surface area contributed by atoms with Crippen molar-refractivity contribution in [2.75, 3.05) is 38.7 Å². The SMILES string of the molecule is FC(F)(F)COCCN1CCCC(CCCl)C1. The van der Waals surface area contributed by atoms with E-state index in [1.807, 2.05) is 0 Å². The number of hydrogen-bond donors (Lipinski definition) is 0. The Balaban J connectivity index is 2.10. The first-order valence-corrected chi connectivity index (χ1v) is 6.47. The second-order valence-corrected chi connectivity index (χ2v) is 4.83. The van der Waals surface area contributed by atoms with Crippen molar-refractivity contribution >= 4 is 11.6 Å². The van der Waals surface area contributed by atoms with Crippen LogP contribution in [-0.2, 0) is 4.74 Å². The van der Waals surface area contributed by atoms with Crippen LogP contribution in [0.25, 0.3) is 0 Å². The van der Waals surface area contributed by atoms with E-state index in [2.05, 4.69) is 9.64 Å². The van der Waals surface area contributed by atoms with E-state index in [0.717, 1.165) is 25.9 Å². The number of piperidine rings is 1. The van der Waals surface area contributed by atoms with Crippen molar-refractivity contribution < 1.29 is 17.9 Å². The zero-order valence-electron chi connectivity index (χ0n) is 9.81. The van der Waals surface area contributed by atoms with Crippen LogP contribution in [0.2, 0.25) is 0 Å². The van der Waals surface area contributed by atoms with Gasteiger partial charge in [-0.25, -0.2) is 0 Å². The van der Waals surface area contributed by atoms with E-state index in [4.69, 9.17) is 11.6 Å². The third-order valence-corrected chi connectivity index (χ3v) is 3.16. The van der Waals surface area contributed by atoms with Crippen molar-refractivity contribution in [2.24, 2.45) is 5.92 Å². The van der Waals surface area contributed by atoms with E-state index in [9.17, 15) is 13.2 Å². The highest BCUT2D eigenvalue weighted by atomic mass is 35.5. The number of halogens is 4. The van der Waals surface area contributed by atoms with Crippen LogP contribution in [0, 0.1) is 5.92 Å². The minimum absolute atomic E-state index is 0.146. The van der Waals surface area contributed by atoms with Crippen molar-refractivity contribution in [1.82, 2.24) is 4.90 Å². The molecular formula is C11H19ClF3NO. The second kappa shape index (κ2) is 7.44. The van der Waals surface area contributed by atoms with Gasteiger partial charge < -0.3 is 9.64 Å². The third kappa shape index (κ3) is 7.11. The number of rotatable bonds is 6. The summed E-state index contributed by atoms with van der Waals surface area (Å²) in [4.78, 5) is 2.16. The molecule has 1 heterocycles. The lowest BCUT2D eigenvalue weighted by molar-refractivity contribution is -0.174. The molecular weight excluding hydrogens is 255 g/mol. The molecule has 0 saturated carbocycles. The predicted octanol–water partition coefficient (Wildman–Crippen LogP) is 2.91. The Labute approximate surface area is 105 Å². The van der Waals surface area contributed by atoms with Crippen molar-refractivity contribution in [1.29, 1.82) is 0 Å². The second-order valence-electron chi connectivity index (χ2n) is 4.45. The molecule has 6 heteroatoms. The maximum absolute atomic E-state index is 11.8. The van der Waals surface area contributed by atoms with Gasteiger partial charge in [0.2, 0.25) is 0 Å². The Morgan fingerprint density at radius 2 is 2.12 bits per heavy atom. The highest BCUT2D eigenvalue weighted by Crippen LogP contribution is 2.20. The van der Waals surface area contributed by atoms with E-state index in [1.165, 1.54) is 6.42 Å². The molecule has 2 nitrogen and oxygen atoms in total. The van der Waals surface area contributed by atoms with Crippen molar-refractivity contribution in [3.05, 3.63) is 0 Å². The molecule has 1 aliphatic heterocycles. The third-order valence-electron chi connectivity index (χ3n) is 2.94. The molecule has 1 atom stereocenters. The largest absolute Gasteiger partial charge is 0.411 e. The average molecular weight is 274 g/mol. The molecule has 0 radical (unpaired) electrons. The van der Waals surface area contributed by atoms with Crippen molar-refractivity contribution in [2.45, 2.75) is 25.4 Å². The van der Waals surface area contributed by atoms with Crippen molar-refractivity contribution in [3.63, 3.8) is 0 Å². The quantitative estimate of drug-likeness (QED) is 0.545. The Morgan fingerprint density at radius 3 is 2.76 bits per heavy atom. The molecule has 1 saturated heterocycles. The highest BCUT2D eigenvalue weighted by molar-refractivity contribution is 6.17. The van der Waals surface area contributed by atoms with E-state index in [0.29, 0.717) is 18.3 Å². The van der Waals surface area contributed by atoms with Crippen molar-refractivity contribution in [3.8, 4) is 0 Å². The zero-order valence-corrected chi connectivity index (χ0v) is 10.6. The van der Waals surface area contributed by atoms with Gasteiger partial charge in [-0.05, 0) is 31.7 Å². The molecule has 0 aromatic rings. The molecule has 0 aromatic heterocycles. The van der Waals surface area contributed by atoms with Gasteiger partial charge in [0.1, 0.15) is 6.61 Å². The monoisotopic (exact) mass is 273 g/mol. The summed E-state index contributed by atoms with van der Waals surface area (Å²) in [6, 6.07) is 0. The molecule has 1 rings (SSSR count). The lowest BCUT2D eigenvalue weighted by atomic mass is 9.96. The standard InChI is InChI=1S/C11H19ClF3NO/c12-4-3-10-2-1-5-16(8-10)6-7-17-9-11(13,14)15/h10H,1-9H2. The minimum Gasteiger partial charge on any atom is -0.371 e. The first-order chi connectivity index (χ1) is 8.01. The molecule has 0 aromatic carbocycles. The molecule has 0 bridgehead atoms. The van der Waals surface area contributed by atoms with Crippen LogP contribution in [0.15, 0.2) is 0 Å². The summed E-state index contributed by atoms with van der Waals surface area (Å²) in [5.41, 5.74) is 0. The van der Waals surface area contributed by atoms with Crippen LogP contribution in [-0.4, -0.2) is 49.8 Å². The van der Waals surface area contributed by atoms with Gasteiger partial charge in [-0.15, -0.1) is 11.6 Å². The summed E-state index contributed by atoms with van der Waals surface area (Å²) < 4.78 is 40.1. The lowest BCUT2D eigenvalue weighted by Gasteiger charge is -2.32. The number of ether oxygens (including phenoxy) is 1. The van der Waals surface area contributed by atoms with Gasteiger partial charge in [0.15, 0.2) is 0 Å². The summed E-state index contributed by atoms with van der Waals surface area (Å²) in [6.45, 7) is 1.46.